The molecular weight excluding hydrogens is 455 g/mol. The molecule has 0 bridgehead atoms. The second kappa shape index (κ2) is 9.90. The van der Waals surface area contributed by atoms with Crippen LogP contribution in [0.5, 0.6) is 0 Å². The first-order chi connectivity index (χ1) is 15.1. The van der Waals surface area contributed by atoms with Crippen LogP contribution in [-0.4, -0.2) is 21.2 Å². The van der Waals surface area contributed by atoms with Crippen molar-refractivity contribution >= 4 is 42.3 Å². The number of amidine groups is 1. The molecule has 1 aliphatic carbocycles. The van der Waals surface area contributed by atoms with E-state index in [0.29, 0.717) is 5.95 Å². The maximum atomic E-state index is 7.80. The lowest BCUT2D eigenvalue weighted by atomic mass is 10.0. The Morgan fingerprint density at radius 2 is 1.52 bits per heavy atom. The van der Waals surface area contributed by atoms with Crippen molar-refractivity contribution in [2.24, 2.45) is 10.8 Å². The van der Waals surface area contributed by atoms with Crippen molar-refractivity contribution < 1.29 is 0 Å². The largest absolute Gasteiger partial charge is 0.384 e. The lowest BCUT2D eigenvalue weighted by molar-refractivity contribution is 0.883. The molecule has 168 valence electrons. The normalized spacial score (nSPS) is 13.2. The second-order valence-corrected chi connectivity index (χ2v) is 7.56. The summed E-state index contributed by atoms with van der Waals surface area (Å²) in [5, 5.41) is 12.5. The number of hydrogen-bond donors (Lipinski definition) is 3. The molecule has 0 unspecified atom stereocenters. The number of fused-ring (bicyclic) bond motifs is 1. The Hall–Kier alpha value is -3.61. The van der Waals surface area contributed by atoms with E-state index >= 15 is 0 Å². The van der Waals surface area contributed by atoms with Crippen LogP contribution in [0.3, 0.4) is 0 Å². The fourth-order valence-corrected chi connectivity index (χ4v) is 4.06. The van der Waals surface area contributed by atoms with Gasteiger partial charge in [-0.05, 0) is 29.5 Å². The van der Waals surface area contributed by atoms with Gasteiger partial charge in [0.05, 0.1) is 17.6 Å². The molecule has 0 atom stereocenters. The van der Waals surface area contributed by atoms with Crippen molar-refractivity contribution in [1.82, 2.24) is 9.66 Å². The summed E-state index contributed by atoms with van der Waals surface area (Å²) in [4.78, 5) is 4.51. The maximum absolute atomic E-state index is 7.80. The molecule has 1 heterocycles. The first kappa shape index (κ1) is 24.0. The molecule has 0 aliphatic heterocycles. The summed E-state index contributed by atoms with van der Waals surface area (Å²) in [6.07, 6.45) is 3.44. The van der Waals surface area contributed by atoms with Crippen LogP contribution in [0.4, 0.5) is 5.95 Å². The predicted octanol–water partition coefficient (Wildman–Crippen LogP) is 5.13. The summed E-state index contributed by atoms with van der Waals surface area (Å²) in [5.74, 6) is 0.423. The number of aromatic nitrogens is 2. The van der Waals surface area contributed by atoms with E-state index in [1.807, 2.05) is 54.7 Å². The van der Waals surface area contributed by atoms with Gasteiger partial charge >= 0.3 is 0 Å². The van der Waals surface area contributed by atoms with Crippen molar-refractivity contribution in [2.75, 3.05) is 5.73 Å². The Bertz CT molecular complexity index is 1310. The Morgan fingerprint density at radius 1 is 0.848 bits per heavy atom. The quantitative estimate of drug-likeness (QED) is 0.279. The third kappa shape index (κ3) is 4.62. The van der Waals surface area contributed by atoms with E-state index in [9.17, 15) is 0 Å². The fraction of sp³-hybridized carbons (Fsp3) is 0.0800. The minimum atomic E-state index is 0. The molecule has 0 saturated heterocycles. The zero-order valence-corrected chi connectivity index (χ0v) is 19.4. The van der Waals surface area contributed by atoms with E-state index in [2.05, 4.69) is 29.2 Å². The Balaban J connectivity index is 0.00000153. The van der Waals surface area contributed by atoms with Crippen molar-refractivity contribution in [2.45, 2.75) is 12.8 Å². The molecule has 0 radical (unpaired) electrons. The third-order valence-corrected chi connectivity index (χ3v) is 5.62. The lowest BCUT2D eigenvalue weighted by Gasteiger charge is -2.06. The van der Waals surface area contributed by atoms with Crippen LogP contribution in [0, 0.1) is 5.41 Å². The van der Waals surface area contributed by atoms with Gasteiger partial charge in [0.1, 0.15) is 5.84 Å². The molecule has 5 N–H and O–H groups in total. The van der Waals surface area contributed by atoms with Gasteiger partial charge < -0.3 is 11.5 Å². The monoisotopic (exact) mass is 478 g/mol. The smallest absolute Gasteiger partial charge is 0.221 e. The van der Waals surface area contributed by atoms with Gasteiger partial charge in [0.25, 0.3) is 0 Å². The second-order valence-electron chi connectivity index (χ2n) is 7.56. The van der Waals surface area contributed by atoms with Crippen LogP contribution in [-0.2, 0) is 6.42 Å². The van der Waals surface area contributed by atoms with Gasteiger partial charge in [-0.25, -0.2) is 9.66 Å². The van der Waals surface area contributed by atoms with Gasteiger partial charge in [-0.1, -0.05) is 72.8 Å². The topological polar surface area (TPSA) is 106 Å². The summed E-state index contributed by atoms with van der Waals surface area (Å²) >= 11 is 0. The van der Waals surface area contributed by atoms with Crippen LogP contribution in [0.2, 0.25) is 0 Å². The van der Waals surface area contributed by atoms with E-state index in [1.165, 1.54) is 5.56 Å². The predicted molar refractivity (Wildman–Crippen MR) is 140 cm³/mol. The zero-order valence-electron chi connectivity index (χ0n) is 17.7. The van der Waals surface area contributed by atoms with Gasteiger partial charge in [0.2, 0.25) is 5.95 Å². The third-order valence-electron chi connectivity index (χ3n) is 5.62. The average Bonchev–Trinajstić information content (AvgIpc) is 3.38. The summed E-state index contributed by atoms with van der Waals surface area (Å²) in [5.41, 5.74) is 19.8. The summed E-state index contributed by atoms with van der Waals surface area (Å²) < 4.78 is 1.63. The molecule has 3 aromatic carbocycles. The highest BCUT2D eigenvalue weighted by molar-refractivity contribution is 6.08. The van der Waals surface area contributed by atoms with E-state index < -0.39 is 0 Å². The molecule has 0 saturated carbocycles. The molecule has 1 aromatic heterocycles. The SMILES string of the molecule is Cl.Cl.N=C(N)c1cccc2c1CC/C2=N\n1cc(-c2ccc(-c3ccccc3)cc2)nc1N. The summed E-state index contributed by atoms with van der Waals surface area (Å²) in [6.45, 7) is 0. The number of rotatable bonds is 4. The van der Waals surface area contributed by atoms with Gasteiger partial charge in [-0.2, -0.15) is 5.10 Å². The minimum absolute atomic E-state index is 0. The van der Waals surface area contributed by atoms with Crippen LogP contribution in [0.25, 0.3) is 22.4 Å². The van der Waals surface area contributed by atoms with E-state index in [1.54, 1.807) is 4.68 Å². The number of nitrogens with zero attached hydrogens (tertiary/aromatic N) is 3. The van der Waals surface area contributed by atoms with E-state index in [-0.39, 0.29) is 30.6 Å². The molecule has 4 aromatic rings. The highest BCUT2D eigenvalue weighted by Gasteiger charge is 2.22. The van der Waals surface area contributed by atoms with Gasteiger partial charge in [-0.3, -0.25) is 5.41 Å². The fourth-order valence-electron chi connectivity index (χ4n) is 4.06. The number of hydrogen-bond acceptors (Lipinski definition) is 4. The molecule has 5 rings (SSSR count). The molecule has 0 fully saturated rings. The Morgan fingerprint density at radius 3 is 2.21 bits per heavy atom. The van der Waals surface area contributed by atoms with Crippen molar-refractivity contribution in [3.63, 3.8) is 0 Å². The van der Waals surface area contributed by atoms with Crippen molar-refractivity contribution in [3.8, 4) is 22.4 Å². The average molecular weight is 479 g/mol. The number of halogens is 2. The van der Waals surface area contributed by atoms with Crippen LogP contribution in [0.15, 0.2) is 84.1 Å². The number of anilines is 1. The van der Waals surface area contributed by atoms with Crippen molar-refractivity contribution in [1.29, 1.82) is 5.41 Å². The Kier molecular flexibility index (Phi) is 7.21. The summed E-state index contributed by atoms with van der Waals surface area (Å²) in [7, 11) is 0. The molecule has 0 amide bonds. The van der Waals surface area contributed by atoms with Gasteiger partial charge in [0.15, 0.2) is 0 Å². The van der Waals surface area contributed by atoms with E-state index in [4.69, 9.17) is 22.0 Å². The molecule has 1 aliphatic rings. The Labute approximate surface area is 204 Å². The molecule has 6 nitrogen and oxygen atoms in total. The summed E-state index contributed by atoms with van der Waals surface area (Å²) in [6, 6.07) is 24.3. The maximum Gasteiger partial charge on any atom is 0.221 e. The standard InChI is InChI=1S/C25H22N6.2ClH/c26-24(27)21-8-4-7-20-19(21)13-14-22(20)30-31-15-23(29-25(31)28)18-11-9-17(10-12-18)16-5-2-1-3-6-16;;/h1-12,15H,13-14H2,(H3,26,27)(H2,28,29);2*1H/b30-22+;;. The number of benzene rings is 3. The first-order valence-corrected chi connectivity index (χ1v) is 10.2. The zero-order chi connectivity index (χ0) is 21.4. The molecular formula is C25H24Cl2N6. The molecule has 0 spiro atoms. The number of imidazole rings is 1. The molecule has 33 heavy (non-hydrogen) atoms. The first-order valence-electron chi connectivity index (χ1n) is 10.2. The number of nitrogens with two attached hydrogens (primary N) is 2. The number of nitrogen functional groups attached to an aromatic ring is 2. The highest BCUT2D eigenvalue weighted by atomic mass is 35.5. The van der Waals surface area contributed by atoms with E-state index in [0.717, 1.165) is 52.1 Å². The van der Waals surface area contributed by atoms with Crippen LogP contribution >= 0.6 is 24.8 Å². The molecule has 8 heteroatoms. The van der Waals surface area contributed by atoms with Crippen LogP contribution in [0.1, 0.15) is 23.1 Å². The number of nitrogens with one attached hydrogen (secondary N) is 1. The van der Waals surface area contributed by atoms with Gasteiger partial charge in [0, 0.05) is 16.7 Å². The van der Waals surface area contributed by atoms with Crippen LogP contribution < -0.4 is 11.5 Å². The highest BCUT2D eigenvalue weighted by Crippen LogP contribution is 2.28. The van der Waals surface area contributed by atoms with Gasteiger partial charge in [-0.15, -0.1) is 24.8 Å². The lowest BCUT2D eigenvalue weighted by Crippen LogP contribution is -2.13. The van der Waals surface area contributed by atoms with Crippen molar-refractivity contribution in [3.05, 3.63) is 95.7 Å². The minimum Gasteiger partial charge on any atom is -0.384 e.